The number of hydrogen-bond donors (Lipinski definition) is 3. The molecule has 0 fully saturated rings. The van der Waals surface area contributed by atoms with Crippen molar-refractivity contribution in [2.24, 2.45) is 0 Å². The van der Waals surface area contributed by atoms with Gasteiger partial charge in [0.25, 0.3) is 5.91 Å². The van der Waals surface area contributed by atoms with E-state index in [1.807, 2.05) is 17.5 Å². The summed E-state index contributed by atoms with van der Waals surface area (Å²) in [7, 11) is 0. The third-order valence-electron chi connectivity index (χ3n) is 3.20. The number of alkyl carbamates (subject to hydrolysis) is 1. The summed E-state index contributed by atoms with van der Waals surface area (Å²) in [5, 5.41) is 9.77. The lowest BCUT2D eigenvalue weighted by Gasteiger charge is -2.19. The second-order valence-electron chi connectivity index (χ2n) is 6.76. The molecule has 7 nitrogen and oxygen atoms in total. The van der Waals surface area contributed by atoms with Gasteiger partial charge in [0, 0.05) is 12.2 Å². The molecule has 0 aliphatic rings. The molecular weight excluding hydrogens is 366 g/mol. The zero-order chi connectivity index (χ0) is 19.9. The van der Waals surface area contributed by atoms with E-state index < -0.39 is 11.7 Å². The minimum Gasteiger partial charge on any atom is -0.444 e. The number of hydrogen-bond acceptors (Lipinski definition) is 5. The van der Waals surface area contributed by atoms with Crippen LogP contribution in [-0.4, -0.2) is 30.1 Å². The summed E-state index contributed by atoms with van der Waals surface area (Å²) < 4.78 is 5.07. The Balaban J connectivity index is 1.81. The molecule has 144 valence electrons. The minimum atomic E-state index is -0.650. The maximum absolute atomic E-state index is 12.0. The van der Waals surface area contributed by atoms with E-state index >= 15 is 0 Å². The Morgan fingerprint density at radius 1 is 1.07 bits per heavy atom. The Morgan fingerprint density at radius 3 is 2.52 bits per heavy atom. The average molecular weight is 389 g/mol. The molecule has 27 heavy (non-hydrogen) atoms. The molecule has 0 saturated heterocycles. The molecule has 0 saturated carbocycles. The fraction of sp³-hybridized carbons (Fsp3) is 0.316. The molecule has 3 amide bonds. The number of nitrogens with one attached hydrogen (secondary N) is 3. The van der Waals surface area contributed by atoms with Gasteiger partial charge in [-0.1, -0.05) is 18.2 Å². The van der Waals surface area contributed by atoms with E-state index in [1.54, 1.807) is 45.0 Å². The van der Waals surface area contributed by atoms with Gasteiger partial charge >= 0.3 is 6.09 Å². The molecule has 1 aromatic heterocycles. The van der Waals surface area contributed by atoms with Gasteiger partial charge in [0.05, 0.1) is 4.88 Å². The third-order valence-corrected chi connectivity index (χ3v) is 4.07. The quantitative estimate of drug-likeness (QED) is 0.707. The van der Waals surface area contributed by atoms with Crippen LogP contribution in [0, 0.1) is 0 Å². The van der Waals surface area contributed by atoms with Crippen molar-refractivity contribution in [1.82, 2.24) is 10.6 Å². The highest BCUT2D eigenvalue weighted by atomic mass is 32.1. The number of thiophene rings is 1. The van der Waals surface area contributed by atoms with Crippen LogP contribution in [0.15, 0.2) is 41.8 Å². The number of carbonyl (C=O) groups excluding carboxylic acids is 3. The second-order valence-corrected chi connectivity index (χ2v) is 7.71. The Labute approximate surface area is 162 Å². The van der Waals surface area contributed by atoms with Crippen LogP contribution in [0.25, 0.3) is 0 Å². The normalized spacial score (nSPS) is 10.8. The van der Waals surface area contributed by atoms with Gasteiger partial charge in [-0.15, -0.1) is 11.3 Å². The van der Waals surface area contributed by atoms with E-state index in [4.69, 9.17) is 4.74 Å². The van der Waals surface area contributed by atoms with Crippen LogP contribution >= 0.6 is 11.3 Å². The van der Waals surface area contributed by atoms with Crippen molar-refractivity contribution >= 4 is 34.9 Å². The van der Waals surface area contributed by atoms with Gasteiger partial charge in [-0.25, -0.2) is 4.79 Å². The molecular formula is C19H23N3O4S. The number of rotatable bonds is 6. The minimum absolute atomic E-state index is 0.138. The first-order valence-electron chi connectivity index (χ1n) is 8.40. The van der Waals surface area contributed by atoms with Gasteiger partial charge < -0.3 is 20.7 Å². The fourth-order valence-corrected chi connectivity index (χ4v) is 2.75. The zero-order valence-electron chi connectivity index (χ0n) is 15.5. The van der Waals surface area contributed by atoms with Gasteiger partial charge in [0.1, 0.15) is 12.1 Å². The first-order chi connectivity index (χ1) is 12.7. The Morgan fingerprint density at radius 2 is 1.85 bits per heavy atom. The van der Waals surface area contributed by atoms with Crippen LogP contribution in [0.5, 0.6) is 0 Å². The van der Waals surface area contributed by atoms with Crippen LogP contribution in [-0.2, 0) is 16.1 Å². The van der Waals surface area contributed by atoms with Gasteiger partial charge in [-0.05, 0) is 49.9 Å². The molecule has 2 aromatic rings. The van der Waals surface area contributed by atoms with Crippen LogP contribution in [0.4, 0.5) is 10.5 Å². The molecule has 0 atom stereocenters. The molecule has 1 aromatic carbocycles. The lowest BCUT2D eigenvalue weighted by atomic mass is 10.2. The highest BCUT2D eigenvalue weighted by molar-refractivity contribution is 7.12. The summed E-state index contributed by atoms with van der Waals surface area (Å²) in [6.45, 7) is 5.38. The molecule has 0 aliphatic carbocycles. The summed E-state index contributed by atoms with van der Waals surface area (Å²) in [5.41, 5.74) is 0.800. The van der Waals surface area contributed by atoms with Crippen molar-refractivity contribution in [3.63, 3.8) is 0 Å². The number of amides is 3. The highest BCUT2D eigenvalue weighted by Crippen LogP contribution is 2.12. The lowest BCUT2D eigenvalue weighted by Crippen LogP contribution is -2.37. The monoisotopic (exact) mass is 389 g/mol. The van der Waals surface area contributed by atoms with Crippen molar-refractivity contribution in [3.8, 4) is 0 Å². The second kappa shape index (κ2) is 9.18. The fourth-order valence-electron chi connectivity index (χ4n) is 2.11. The number of ether oxygens (including phenoxy) is 1. The van der Waals surface area contributed by atoms with E-state index in [0.717, 1.165) is 5.56 Å². The molecule has 0 unspecified atom stereocenters. The molecule has 1 heterocycles. The van der Waals surface area contributed by atoms with Crippen molar-refractivity contribution in [2.45, 2.75) is 32.9 Å². The predicted octanol–water partition coefficient (Wildman–Crippen LogP) is 3.14. The molecule has 8 heteroatoms. The predicted molar refractivity (Wildman–Crippen MR) is 105 cm³/mol. The van der Waals surface area contributed by atoms with Crippen LogP contribution in [0.3, 0.4) is 0 Å². The van der Waals surface area contributed by atoms with E-state index in [9.17, 15) is 14.4 Å². The van der Waals surface area contributed by atoms with Crippen molar-refractivity contribution < 1.29 is 19.1 Å². The first-order valence-corrected chi connectivity index (χ1v) is 9.28. The summed E-state index contributed by atoms with van der Waals surface area (Å²) in [6.07, 6.45) is -0.650. The molecule has 0 spiro atoms. The van der Waals surface area contributed by atoms with Gasteiger partial charge in [0.15, 0.2) is 0 Å². The lowest BCUT2D eigenvalue weighted by molar-refractivity contribution is -0.115. The number of carbonyl (C=O) groups is 3. The molecule has 0 aliphatic heterocycles. The SMILES string of the molecule is CC(C)(C)OC(=O)NCC(=O)Nc1cccc(CNC(=O)c2cccs2)c1. The van der Waals surface area contributed by atoms with Gasteiger partial charge in [0.2, 0.25) is 5.91 Å². The van der Waals surface area contributed by atoms with Crippen molar-refractivity contribution in [2.75, 3.05) is 11.9 Å². The van der Waals surface area contributed by atoms with E-state index in [2.05, 4.69) is 16.0 Å². The van der Waals surface area contributed by atoms with Crippen molar-refractivity contribution in [3.05, 3.63) is 52.2 Å². The van der Waals surface area contributed by atoms with Crippen molar-refractivity contribution in [1.29, 1.82) is 0 Å². The largest absolute Gasteiger partial charge is 0.444 e. The van der Waals surface area contributed by atoms with Gasteiger partial charge in [-0.3, -0.25) is 9.59 Å². The summed E-state index contributed by atoms with van der Waals surface area (Å²) in [5.74, 6) is -0.512. The standard InChI is InChI=1S/C19H23N3O4S/c1-19(2,3)26-18(25)21-12-16(23)22-14-7-4-6-13(10-14)11-20-17(24)15-8-5-9-27-15/h4-10H,11-12H2,1-3H3,(H,20,24)(H,21,25)(H,22,23). The first kappa shape index (κ1) is 20.4. The highest BCUT2D eigenvalue weighted by Gasteiger charge is 2.16. The Kier molecular flexibility index (Phi) is 6.95. The summed E-state index contributed by atoms with van der Waals surface area (Å²) in [6, 6.07) is 10.7. The maximum Gasteiger partial charge on any atom is 0.408 e. The number of anilines is 1. The number of benzene rings is 1. The third kappa shape index (κ3) is 7.49. The van der Waals surface area contributed by atoms with E-state index in [1.165, 1.54) is 11.3 Å². The van der Waals surface area contributed by atoms with Crippen LogP contribution < -0.4 is 16.0 Å². The van der Waals surface area contributed by atoms with E-state index in [0.29, 0.717) is 17.1 Å². The topological polar surface area (TPSA) is 96.5 Å². The zero-order valence-corrected chi connectivity index (χ0v) is 16.3. The van der Waals surface area contributed by atoms with Crippen LogP contribution in [0.1, 0.15) is 36.0 Å². The summed E-state index contributed by atoms with van der Waals surface area (Å²) in [4.78, 5) is 36.1. The molecule has 0 bridgehead atoms. The molecule has 2 rings (SSSR count). The smallest absolute Gasteiger partial charge is 0.408 e. The Hall–Kier alpha value is -2.87. The van der Waals surface area contributed by atoms with E-state index in [-0.39, 0.29) is 18.4 Å². The maximum atomic E-state index is 12.0. The molecule has 0 radical (unpaired) electrons. The molecule has 3 N–H and O–H groups in total. The van der Waals surface area contributed by atoms with Gasteiger partial charge in [-0.2, -0.15) is 0 Å². The Bertz CT molecular complexity index is 798. The average Bonchev–Trinajstić information content (AvgIpc) is 3.11. The summed E-state index contributed by atoms with van der Waals surface area (Å²) >= 11 is 1.37. The van der Waals surface area contributed by atoms with Crippen LogP contribution in [0.2, 0.25) is 0 Å².